The van der Waals surface area contributed by atoms with Crippen LogP contribution in [0.3, 0.4) is 0 Å². The van der Waals surface area contributed by atoms with Crippen LogP contribution in [-0.2, 0) is 4.79 Å². The SMILES string of the molecule is COc1ccc(C)c2sc(N(CCCN(C)C)C(=O)C(c3ccccc3)c3ccccc3)nc12.Cl. The van der Waals surface area contributed by atoms with E-state index in [1.807, 2.05) is 77.7 Å². The zero-order chi connectivity index (χ0) is 24.1. The molecule has 184 valence electrons. The molecule has 0 spiro atoms. The van der Waals surface area contributed by atoms with E-state index in [1.54, 1.807) is 18.4 Å². The van der Waals surface area contributed by atoms with E-state index in [4.69, 9.17) is 9.72 Å². The molecule has 4 aromatic rings. The van der Waals surface area contributed by atoms with Crippen LogP contribution in [0.25, 0.3) is 10.2 Å². The Labute approximate surface area is 217 Å². The van der Waals surface area contributed by atoms with Gasteiger partial charge in [0.2, 0.25) is 5.91 Å². The Morgan fingerprint density at radius 1 is 0.943 bits per heavy atom. The van der Waals surface area contributed by atoms with Gasteiger partial charge in [0.15, 0.2) is 5.13 Å². The molecular formula is C28H32ClN3O2S. The highest BCUT2D eigenvalue weighted by atomic mass is 35.5. The maximum atomic E-state index is 14.3. The van der Waals surface area contributed by atoms with Crippen LogP contribution in [0.1, 0.15) is 29.0 Å². The fourth-order valence-corrected chi connectivity index (χ4v) is 5.23. The maximum Gasteiger partial charge on any atom is 0.240 e. The summed E-state index contributed by atoms with van der Waals surface area (Å²) in [6.45, 7) is 3.55. The van der Waals surface area contributed by atoms with Gasteiger partial charge in [0.05, 0.1) is 17.7 Å². The quantitative estimate of drug-likeness (QED) is 0.271. The van der Waals surface area contributed by atoms with Gasteiger partial charge in [0.1, 0.15) is 11.3 Å². The Morgan fingerprint density at radius 3 is 2.09 bits per heavy atom. The molecule has 1 aromatic heterocycles. The summed E-state index contributed by atoms with van der Waals surface area (Å²) < 4.78 is 6.62. The van der Waals surface area contributed by atoms with Gasteiger partial charge in [0.25, 0.3) is 0 Å². The molecule has 7 heteroatoms. The number of benzene rings is 3. The van der Waals surface area contributed by atoms with Crippen molar-refractivity contribution in [2.24, 2.45) is 0 Å². The zero-order valence-corrected chi connectivity index (χ0v) is 22.2. The molecule has 4 rings (SSSR count). The maximum absolute atomic E-state index is 14.3. The number of halogens is 1. The molecule has 0 N–H and O–H groups in total. The number of carbonyl (C=O) groups excluding carboxylic acids is 1. The van der Waals surface area contributed by atoms with Crippen molar-refractivity contribution in [1.82, 2.24) is 9.88 Å². The highest BCUT2D eigenvalue weighted by molar-refractivity contribution is 7.22. The molecule has 0 saturated heterocycles. The van der Waals surface area contributed by atoms with Crippen LogP contribution in [-0.4, -0.2) is 50.1 Å². The summed E-state index contributed by atoms with van der Waals surface area (Å²) in [5.41, 5.74) is 3.89. The molecule has 0 atom stereocenters. The number of fused-ring (bicyclic) bond motifs is 1. The number of amides is 1. The number of ether oxygens (including phenoxy) is 1. The molecule has 0 saturated carbocycles. The van der Waals surface area contributed by atoms with Gasteiger partial charge < -0.3 is 9.64 Å². The molecule has 1 amide bonds. The van der Waals surface area contributed by atoms with Crippen molar-refractivity contribution < 1.29 is 9.53 Å². The van der Waals surface area contributed by atoms with E-state index in [2.05, 4.69) is 25.9 Å². The zero-order valence-electron chi connectivity index (χ0n) is 20.6. The Hall–Kier alpha value is -2.93. The van der Waals surface area contributed by atoms with Crippen LogP contribution in [0.2, 0.25) is 0 Å². The third kappa shape index (κ3) is 6.01. The lowest BCUT2D eigenvalue weighted by Gasteiger charge is -2.26. The fourth-order valence-electron chi connectivity index (χ4n) is 4.15. The van der Waals surface area contributed by atoms with Gasteiger partial charge in [-0.25, -0.2) is 4.98 Å². The number of hydrogen-bond acceptors (Lipinski definition) is 5. The Kier molecular flexibility index (Phi) is 9.26. The van der Waals surface area contributed by atoms with Gasteiger partial charge in [-0.1, -0.05) is 78.1 Å². The minimum absolute atomic E-state index is 0. The lowest BCUT2D eigenvalue weighted by atomic mass is 9.90. The number of anilines is 1. The largest absolute Gasteiger partial charge is 0.494 e. The van der Waals surface area contributed by atoms with Crippen molar-refractivity contribution in [2.45, 2.75) is 19.3 Å². The predicted molar refractivity (Wildman–Crippen MR) is 148 cm³/mol. The highest BCUT2D eigenvalue weighted by Crippen LogP contribution is 2.38. The standard InChI is InChI=1S/C28H31N3O2S.ClH/c1-20-16-17-23(33-4)25-26(20)34-28(29-25)31(19-11-18-30(2)3)27(32)24(21-12-7-5-8-13-21)22-14-9-6-10-15-22;/h5-10,12-17,24H,11,18-19H2,1-4H3;1H. The minimum Gasteiger partial charge on any atom is -0.494 e. The number of rotatable bonds is 9. The predicted octanol–water partition coefficient (Wildman–Crippen LogP) is 6.15. The van der Waals surface area contributed by atoms with Gasteiger partial charge in [-0.3, -0.25) is 9.69 Å². The van der Waals surface area contributed by atoms with E-state index in [1.165, 1.54) is 0 Å². The second-order valence-corrected chi connectivity index (χ2v) is 9.64. The summed E-state index contributed by atoms with van der Waals surface area (Å²) in [6, 6.07) is 24.0. The first-order valence-corrected chi connectivity index (χ1v) is 12.3. The van der Waals surface area contributed by atoms with Crippen molar-refractivity contribution in [3.8, 4) is 5.75 Å². The van der Waals surface area contributed by atoms with E-state index in [0.29, 0.717) is 11.7 Å². The van der Waals surface area contributed by atoms with Crippen LogP contribution in [0, 0.1) is 6.92 Å². The summed E-state index contributed by atoms with van der Waals surface area (Å²) in [4.78, 5) is 23.2. The Balaban J connectivity index is 0.00000342. The summed E-state index contributed by atoms with van der Waals surface area (Å²) in [6.07, 6.45) is 0.848. The Morgan fingerprint density at radius 2 is 1.54 bits per heavy atom. The van der Waals surface area contributed by atoms with Crippen LogP contribution in [0.5, 0.6) is 5.75 Å². The number of carbonyl (C=O) groups is 1. The van der Waals surface area contributed by atoms with Crippen molar-refractivity contribution in [3.63, 3.8) is 0 Å². The van der Waals surface area contributed by atoms with Gasteiger partial charge in [-0.2, -0.15) is 0 Å². The first-order chi connectivity index (χ1) is 16.5. The molecule has 3 aromatic carbocycles. The van der Waals surface area contributed by atoms with E-state index >= 15 is 0 Å². The van der Waals surface area contributed by atoms with Crippen molar-refractivity contribution in [3.05, 3.63) is 89.5 Å². The van der Waals surface area contributed by atoms with E-state index in [-0.39, 0.29) is 18.3 Å². The summed E-state index contributed by atoms with van der Waals surface area (Å²) >= 11 is 1.56. The number of aryl methyl sites for hydroxylation is 1. The second kappa shape index (κ2) is 12.2. The van der Waals surface area contributed by atoms with Gasteiger partial charge >= 0.3 is 0 Å². The van der Waals surface area contributed by atoms with Crippen molar-refractivity contribution >= 4 is 45.0 Å². The molecule has 0 radical (unpaired) electrons. The van der Waals surface area contributed by atoms with Crippen molar-refractivity contribution in [1.29, 1.82) is 0 Å². The van der Waals surface area contributed by atoms with Crippen LogP contribution < -0.4 is 9.64 Å². The van der Waals surface area contributed by atoms with Crippen LogP contribution in [0.4, 0.5) is 5.13 Å². The average molecular weight is 510 g/mol. The average Bonchev–Trinajstić information content (AvgIpc) is 3.29. The van der Waals surface area contributed by atoms with Gasteiger partial charge in [-0.05, 0) is 56.7 Å². The van der Waals surface area contributed by atoms with Gasteiger partial charge in [0, 0.05) is 6.54 Å². The lowest BCUT2D eigenvalue weighted by molar-refractivity contribution is -0.119. The highest BCUT2D eigenvalue weighted by Gasteiger charge is 2.30. The molecule has 0 unspecified atom stereocenters. The second-order valence-electron chi connectivity index (χ2n) is 8.66. The van der Waals surface area contributed by atoms with E-state index in [9.17, 15) is 4.79 Å². The van der Waals surface area contributed by atoms with Crippen molar-refractivity contribution in [2.75, 3.05) is 39.2 Å². The molecule has 35 heavy (non-hydrogen) atoms. The number of methoxy groups -OCH3 is 1. The smallest absolute Gasteiger partial charge is 0.240 e. The number of hydrogen-bond donors (Lipinski definition) is 0. The normalized spacial score (nSPS) is 11.0. The third-order valence-electron chi connectivity index (χ3n) is 5.91. The molecule has 1 heterocycles. The molecular weight excluding hydrogens is 478 g/mol. The Bertz CT molecular complexity index is 1210. The summed E-state index contributed by atoms with van der Waals surface area (Å²) in [7, 11) is 5.76. The van der Waals surface area contributed by atoms with Crippen LogP contribution >= 0.6 is 23.7 Å². The first kappa shape index (κ1) is 26.7. The van der Waals surface area contributed by atoms with E-state index in [0.717, 1.165) is 45.6 Å². The molecule has 0 aliphatic heterocycles. The molecule has 0 aliphatic rings. The number of aromatic nitrogens is 1. The molecule has 5 nitrogen and oxygen atoms in total. The fraction of sp³-hybridized carbons (Fsp3) is 0.286. The molecule has 0 bridgehead atoms. The monoisotopic (exact) mass is 509 g/mol. The lowest BCUT2D eigenvalue weighted by Crippen LogP contribution is -2.37. The number of thiazole rings is 1. The topological polar surface area (TPSA) is 45.7 Å². The third-order valence-corrected chi connectivity index (χ3v) is 7.12. The van der Waals surface area contributed by atoms with Gasteiger partial charge in [-0.15, -0.1) is 12.4 Å². The summed E-state index contributed by atoms with van der Waals surface area (Å²) in [5.74, 6) is 0.357. The number of nitrogens with zero attached hydrogens (tertiary/aromatic N) is 3. The summed E-state index contributed by atoms with van der Waals surface area (Å²) in [5, 5.41) is 0.711. The first-order valence-electron chi connectivity index (χ1n) is 11.5. The van der Waals surface area contributed by atoms with E-state index < -0.39 is 5.92 Å². The molecule has 0 fully saturated rings. The van der Waals surface area contributed by atoms with Crippen LogP contribution in [0.15, 0.2) is 72.8 Å². The minimum atomic E-state index is -0.406. The molecule has 0 aliphatic carbocycles.